The van der Waals surface area contributed by atoms with Gasteiger partial charge >= 0.3 is 0 Å². The first-order valence-corrected chi connectivity index (χ1v) is 9.42. The summed E-state index contributed by atoms with van der Waals surface area (Å²) in [5.74, 6) is -1.58. The number of aromatic nitrogens is 3. The summed E-state index contributed by atoms with van der Waals surface area (Å²) in [7, 11) is 0. The van der Waals surface area contributed by atoms with Crippen LogP contribution >= 0.6 is 0 Å². The summed E-state index contributed by atoms with van der Waals surface area (Å²) in [6.07, 6.45) is 4.12. The number of benzene rings is 1. The number of oxime groups is 1. The molecule has 1 amide bonds. The molecule has 0 saturated heterocycles. The van der Waals surface area contributed by atoms with E-state index in [1.54, 1.807) is 26.0 Å². The fraction of sp³-hybridized carbons (Fsp3) is 0.182. The summed E-state index contributed by atoms with van der Waals surface area (Å²) in [4.78, 5) is 41.9. The molecule has 9 heteroatoms. The van der Waals surface area contributed by atoms with Crippen molar-refractivity contribution >= 4 is 23.2 Å². The Labute approximate surface area is 177 Å². The monoisotopic (exact) mass is 419 g/mol. The quantitative estimate of drug-likeness (QED) is 0.650. The van der Waals surface area contributed by atoms with Crippen LogP contribution in [0.25, 0.3) is 11.3 Å². The first-order valence-electron chi connectivity index (χ1n) is 9.42. The standard InChI is InChI=1S/C22H18FN5O3/c1-12-6-7-13(18-19(29)22(2,3)31-28-18)9-15(12)16-10-26-17(11-25-16)27-21(30)14-5-4-8-24-20(14)23/h4-11H,1-3H3,(H,26,27,30). The highest BCUT2D eigenvalue weighted by atomic mass is 19.1. The lowest BCUT2D eigenvalue weighted by Gasteiger charge is -2.12. The highest BCUT2D eigenvalue weighted by Gasteiger charge is 2.40. The van der Waals surface area contributed by atoms with Crippen molar-refractivity contribution in [1.82, 2.24) is 15.0 Å². The molecule has 0 fully saturated rings. The van der Waals surface area contributed by atoms with E-state index in [1.165, 1.54) is 30.7 Å². The van der Waals surface area contributed by atoms with E-state index >= 15 is 0 Å². The molecule has 0 atom stereocenters. The predicted octanol–water partition coefficient (Wildman–Crippen LogP) is 3.32. The third kappa shape index (κ3) is 3.89. The smallest absolute Gasteiger partial charge is 0.261 e. The fourth-order valence-electron chi connectivity index (χ4n) is 3.03. The Morgan fingerprint density at radius 3 is 2.58 bits per heavy atom. The first-order chi connectivity index (χ1) is 14.8. The third-order valence-corrected chi connectivity index (χ3v) is 4.81. The van der Waals surface area contributed by atoms with Crippen molar-refractivity contribution in [3.63, 3.8) is 0 Å². The molecule has 3 aromatic rings. The van der Waals surface area contributed by atoms with E-state index in [0.717, 1.165) is 11.1 Å². The Morgan fingerprint density at radius 2 is 1.94 bits per heavy atom. The first kappa shape index (κ1) is 20.3. The molecule has 8 nitrogen and oxygen atoms in total. The normalized spacial score (nSPS) is 14.7. The summed E-state index contributed by atoms with van der Waals surface area (Å²) < 4.78 is 13.7. The van der Waals surface area contributed by atoms with Gasteiger partial charge < -0.3 is 10.2 Å². The number of hydrogen-bond acceptors (Lipinski definition) is 7. The van der Waals surface area contributed by atoms with E-state index in [1.807, 2.05) is 13.0 Å². The van der Waals surface area contributed by atoms with Crippen LogP contribution in [0.15, 0.2) is 54.1 Å². The van der Waals surface area contributed by atoms with E-state index in [9.17, 15) is 14.0 Å². The third-order valence-electron chi connectivity index (χ3n) is 4.81. The minimum atomic E-state index is -0.992. The number of carbonyl (C=O) groups is 2. The predicted molar refractivity (Wildman–Crippen MR) is 111 cm³/mol. The van der Waals surface area contributed by atoms with Crippen LogP contribution in [-0.4, -0.2) is 38.0 Å². The number of anilines is 1. The van der Waals surface area contributed by atoms with Gasteiger partial charge in [-0.2, -0.15) is 4.39 Å². The molecule has 1 aromatic carbocycles. The van der Waals surface area contributed by atoms with Gasteiger partial charge in [-0.05, 0) is 44.5 Å². The molecule has 3 heterocycles. The molecule has 2 aromatic heterocycles. The second kappa shape index (κ2) is 7.67. The van der Waals surface area contributed by atoms with E-state index in [4.69, 9.17) is 4.84 Å². The largest absolute Gasteiger partial charge is 0.381 e. The lowest BCUT2D eigenvalue weighted by Crippen LogP contribution is -2.33. The van der Waals surface area contributed by atoms with E-state index in [0.29, 0.717) is 11.3 Å². The average Bonchev–Trinajstić information content (AvgIpc) is 3.02. The van der Waals surface area contributed by atoms with Crippen molar-refractivity contribution < 1.29 is 18.8 Å². The maximum atomic E-state index is 13.7. The second-order valence-corrected chi connectivity index (χ2v) is 7.48. The maximum absolute atomic E-state index is 13.7. The van der Waals surface area contributed by atoms with E-state index in [2.05, 4.69) is 25.4 Å². The summed E-state index contributed by atoms with van der Waals surface area (Å²) in [6.45, 7) is 5.23. The number of nitrogens with zero attached hydrogens (tertiary/aromatic N) is 4. The van der Waals surface area contributed by atoms with Crippen molar-refractivity contribution in [1.29, 1.82) is 0 Å². The van der Waals surface area contributed by atoms with Gasteiger partial charge in [0.05, 0.1) is 23.7 Å². The van der Waals surface area contributed by atoms with Crippen molar-refractivity contribution in [3.05, 3.63) is 71.6 Å². The molecule has 0 radical (unpaired) electrons. The molecular formula is C22H18FN5O3. The molecule has 4 rings (SSSR count). The number of rotatable bonds is 4. The number of ketones is 1. The molecule has 1 N–H and O–H groups in total. The molecule has 0 bridgehead atoms. The topological polar surface area (TPSA) is 106 Å². The lowest BCUT2D eigenvalue weighted by molar-refractivity contribution is -0.128. The number of carbonyl (C=O) groups excluding carboxylic acids is 2. The van der Waals surface area contributed by atoms with Crippen LogP contribution in [0.5, 0.6) is 0 Å². The minimum absolute atomic E-state index is 0.163. The summed E-state index contributed by atoms with van der Waals surface area (Å²) >= 11 is 0. The number of pyridine rings is 1. The molecule has 0 saturated carbocycles. The minimum Gasteiger partial charge on any atom is -0.381 e. The van der Waals surface area contributed by atoms with Crippen LogP contribution in [0.4, 0.5) is 10.2 Å². The lowest BCUT2D eigenvalue weighted by atomic mass is 9.93. The number of nitrogens with one attached hydrogen (secondary N) is 1. The zero-order chi connectivity index (χ0) is 22.2. The number of hydrogen-bond donors (Lipinski definition) is 1. The molecular weight excluding hydrogens is 401 g/mol. The summed E-state index contributed by atoms with van der Waals surface area (Å²) in [6, 6.07) is 8.24. The van der Waals surface area contributed by atoms with Crippen LogP contribution < -0.4 is 5.32 Å². The number of halogens is 1. The molecule has 156 valence electrons. The zero-order valence-electron chi connectivity index (χ0n) is 17.0. The van der Waals surface area contributed by atoms with Gasteiger partial charge in [0, 0.05) is 17.3 Å². The molecule has 1 aliphatic heterocycles. The molecule has 31 heavy (non-hydrogen) atoms. The fourth-order valence-corrected chi connectivity index (χ4v) is 3.03. The highest BCUT2D eigenvalue weighted by molar-refractivity contribution is 6.49. The molecule has 0 aliphatic carbocycles. The van der Waals surface area contributed by atoms with Crippen molar-refractivity contribution in [3.8, 4) is 11.3 Å². The van der Waals surface area contributed by atoms with Gasteiger partial charge in [0.2, 0.25) is 11.7 Å². The Morgan fingerprint density at radius 1 is 1.13 bits per heavy atom. The van der Waals surface area contributed by atoms with Gasteiger partial charge in [-0.1, -0.05) is 17.3 Å². The number of Topliss-reactive ketones (excluding diaryl/α,β-unsaturated/α-hetero) is 1. The summed E-state index contributed by atoms with van der Waals surface area (Å²) in [5, 5.41) is 6.43. The summed E-state index contributed by atoms with van der Waals surface area (Å²) in [5.41, 5.74) is 1.89. The highest BCUT2D eigenvalue weighted by Crippen LogP contribution is 2.27. The molecule has 1 aliphatic rings. The Bertz CT molecular complexity index is 1220. The van der Waals surface area contributed by atoms with Gasteiger partial charge in [-0.3, -0.25) is 14.6 Å². The Hall–Kier alpha value is -4.01. The van der Waals surface area contributed by atoms with Gasteiger partial charge in [0.1, 0.15) is 0 Å². The maximum Gasteiger partial charge on any atom is 0.261 e. The van der Waals surface area contributed by atoms with Crippen LogP contribution in [0.3, 0.4) is 0 Å². The number of amides is 1. The SMILES string of the molecule is Cc1ccc(C2=NOC(C)(C)C2=O)cc1-c1cnc(NC(=O)c2cccnc2F)cn1. The zero-order valence-corrected chi connectivity index (χ0v) is 17.0. The average molecular weight is 419 g/mol. The van der Waals surface area contributed by atoms with Gasteiger partial charge in [-0.15, -0.1) is 0 Å². The number of aryl methyl sites for hydroxylation is 1. The van der Waals surface area contributed by atoms with Gasteiger partial charge in [0.25, 0.3) is 5.91 Å². The van der Waals surface area contributed by atoms with Crippen molar-refractivity contribution in [2.24, 2.45) is 5.16 Å². The van der Waals surface area contributed by atoms with Crippen molar-refractivity contribution in [2.45, 2.75) is 26.4 Å². The Balaban J connectivity index is 1.58. The van der Waals surface area contributed by atoms with Crippen molar-refractivity contribution in [2.75, 3.05) is 5.32 Å². The van der Waals surface area contributed by atoms with E-state index < -0.39 is 17.5 Å². The van der Waals surface area contributed by atoms with Crippen LogP contribution in [0, 0.1) is 12.9 Å². The second-order valence-electron chi connectivity index (χ2n) is 7.48. The molecule has 0 unspecified atom stereocenters. The molecule has 0 spiro atoms. The van der Waals surface area contributed by atoms with Crippen LogP contribution in [0.2, 0.25) is 0 Å². The van der Waals surface area contributed by atoms with Crippen LogP contribution in [-0.2, 0) is 9.63 Å². The van der Waals surface area contributed by atoms with E-state index in [-0.39, 0.29) is 22.9 Å². The van der Waals surface area contributed by atoms with Gasteiger partial charge in [-0.25, -0.2) is 9.97 Å². The van der Waals surface area contributed by atoms with Crippen LogP contribution in [0.1, 0.15) is 35.3 Å². The van der Waals surface area contributed by atoms with Gasteiger partial charge in [0.15, 0.2) is 17.1 Å². The Kier molecular flexibility index (Phi) is 5.02.